The van der Waals surface area contributed by atoms with Gasteiger partial charge < -0.3 is 15.0 Å². The summed E-state index contributed by atoms with van der Waals surface area (Å²) in [6, 6.07) is 14.1. The van der Waals surface area contributed by atoms with Crippen molar-refractivity contribution < 1.29 is 17.9 Å². The molecule has 4 heterocycles. The van der Waals surface area contributed by atoms with E-state index < -0.39 is 21.1 Å². The largest absolute Gasteiger partial charge is 0.377 e. The number of carbonyl (C=O) groups is 1. The van der Waals surface area contributed by atoms with Crippen LogP contribution in [0.4, 0.5) is 22.1 Å². The van der Waals surface area contributed by atoms with Crippen LogP contribution in [-0.2, 0) is 14.6 Å². The third-order valence-corrected chi connectivity index (χ3v) is 10.7. The number of anilines is 3. The number of ether oxygens (including phenoxy) is 1. The van der Waals surface area contributed by atoms with Crippen LogP contribution >= 0.6 is 11.3 Å². The van der Waals surface area contributed by atoms with E-state index in [0.717, 1.165) is 22.7 Å². The molecule has 0 bridgehead atoms. The summed E-state index contributed by atoms with van der Waals surface area (Å²) in [6.07, 6.45) is 2.09. The quantitative estimate of drug-likeness (QED) is 0.318. The highest BCUT2D eigenvalue weighted by molar-refractivity contribution is 7.94. The van der Waals surface area contributed by atoms with Crippen molar-refractivity contribution >= 4 is 44.5 Å². The van der Waals surface area contributed by atoms with E-state index in [1.54, 1.807) is 48.8 Å². The maximum Gasteiger partial charge on any atom is 0.324 e. The lowest BCUT2D eigenvalue weighted by molar-refractivity contribution is 0.0985. The van der Waals surface area contributed by atoms with Gasteiger partial charge >= 0.3 is 6.03 Å². The van der Waals surface area contributed by atoms with Gasteiger partial charge in [0.25, 0.3) is 0 Å². The van der Waals surface area contributed by atoms with Gasteiger partial charge in [0.05, 0.1) is 30.2 Å². The Hall–Kier alpha value is -3.94. The van der Waals surface area contributed by atoms with Crippen molar-refractivity contribution in [3.8, 4) is 11.4 Å². The average Bonchev–Trinajstić information content (AvgIpc) is 3.67. The molecule has 0 radical (unpaired) electrons. The number of carbonyl (C=O) groups excluding carboxylic acids is 1. The SMILES string of the molecule is Cc1csc(S(=O)(=O)C2CC2c2cc(N3CCOC[C@@H]3C)nc(-c3ccc(NC(=O)Nc4ccccn4)cc3)n2)n1. The molecule has 212 valence electrons. The topological polar surface area (TPSA) is 139 Å². The number of amides is 2. The molecule has 1 aromatic carbocycles. The Bertz CT molecular complexity index is 1660. The molecule has 0 spiro atoms. The molecular weight excluding hydrogens is 562 g/mol. The van der Waals surface area contributed by atoms with Gasteiger partial charge in [-0.1, -0.05) is 6.07 Å². The number of hydrogen-bond acceptors (Lipinski definition) is 10. The Morgan fingerprint density at radius 3 is 2.63 bits per heavy atom. The highest BCUT2D eigenvalue weighted by Gasteiger charge is 2.51. The molecule has 2 aliphatic rings. The first-order valence-electron chi connectivity index (χ1n) is 13.3. The van der Waals surface area contributed by atoms with Crippen LogP contribution < -0.4 is 15.5 Å². The second-order valence-electron chi connectivity index (χ2n) is 10.1. The lowest BCUT2D eigenvalue weighted by Gasteiger charge is -2.34. The predicted octanol–water partition coefficient (Wildman–Crippen LogP) is 4.50. The molecule has 2 fully saturated rings. The lowest BCUT2D eigenvalue weighted by Crippen LogP contribution is -2.44. The van der Waals surface area contributed by atoms with Crippen molar-refractivity contribution in [2.45, 2.75) is 41.8 Å². The van der Waals surface area contributed by atoms with Gasteiger partial charge in [0.15, 0.2) is 5.82 Å². The fourth-order valence-corrected chi connectivity index (χ4v) is 7.96. The van der Waals surface area contributed by atoms with Gasteiger partial charge in [-0.2, -0.15) is 0 Å². The number of nitrogens with one attached hydrogen (secondary N) is 2. The Balaban J connectivity index is 1.26. The number of benzene rings is 1. The fraction of sp³-hybridized carbons (Fsp3) is 0.321. The van der Waals surface area contributed by atoms with Gasteiger partial charge in [-0.25, -0.2) is 33.1 Å². The molecule has 4 aromatic rings. The van der Waals surface area contributed by atoms with Crippen LogP contribution in [-0.4, -0.2) is 65.4 Å². The van der Waals surface area contributed by atoms with E-state index in [0.29, 0.717) is 54.9 Å². The molecule has 1 saturated carbocycles. The number of nitrogens with zero attached hydrogens (tertiary/aromatic N) is 5. The Morgan fingerprint density at radius 2 is 1.93 bits per heavy atom. The molecular formula is C28H29N7O4S2. The second kappa shape index (κ2) is 11.1. The zero-order chi connectivity index (χ0) is 28.6. The van der Waals surface area contributed by atoms with Crippen LogP contribution in [0.1, 0.15) is 30.7 Å². The van der Waals surface area contributed by atoms with E-state index in [4.69, 9.17) is 14.7 Å². The molecule has 1 saturated heterocycles. The number of sulfone groups is 1. The molecule has 2 unspecified atom stereocenters. The molecule has 11 nitrogen and oxygen atoms in total. The Morgan fingerprint density at radius 1 is 1.10 bits per heavy atom. The highest BCUT2D eigenvalue weighted by Crippen LogP contribution is 2.48. The van der Waals surface area contributed by atoms with Crippen molar-refractivity contribution in [2.24, 2.45) is 0 Å². The number of aromatic nitrogens is 4. The Labute approximate surface area is 242 Å². The zero-order valence-electron chi connectivity index (χ0n) is 22.5. The summed E-state index contributed by atoms with van der Waals surface area (Å²) in [7, 11) is -3.55. The Kier molecular flexibility index (Phi) is 7.41. The van der Waals surface area contributed by atoms with Crippen molar-refractivity contribution in [3.05, 3.63) is 71.5 Å². The van der Waals surface area contributed by atoms with E-state index in [-0.39, 0.29) is 16.3 Å². The van der Waals surface area contributed by atoms with E-state index in [9.17, 15) is 13.2 Å². The molecule has 3 atom stereocenters. The van der Waals surface area contributed by atoms with Gasteiger partial charge in [0.1, 0.15) is 11.6 Å². The molecule has 13 heteroatoms. The molecule has 3 aromatic heterocycles. The zero-order valence-corrected chi connectivity index (χ0v) is 24.2. The van der Waals surface area contributed by atoms with Crippen molar-refractivity contribution in [1.82, 2.24) is 19.9 Å². The fourth-order valence-electron chi connectivity index (χ4n) is 4.82. The number of rotatable bonds is 7. The van der Waals surface area contributed by atoms with Gasteiger partial charge in [-0.3, -0.25) is 5.32 Å². The molecule has 41 heavy (non-hydrogen) atoms. The van der Waals surface area contributed by atoms with Gasteiger partial charge in [-0.05, 0) is 56.7 Å². The number of thiazole rings is 1. The summed E-state index contributed by atoms with van der Waals surface area (Å²) < 4.78 is 32.3. The van der Waals surface area contributed by atoms with Crippen LogP contribution in [0.25, 0.3) is 11.4 Å². The minimum Gasteiger partial charge on any atom is -0.377 e. The van der Waals surface area contributed by atoms with Crippen LogP contribution in [0.3, 0.4) is 0 Å². The maximum atomic E-state index is 13.3. The highest BCUT2D eigenvalue weighted by atomic mass is 32.2. The van der Waals surface area contributed by atoms with E-state index in [2.05, 4.69) is 32.4 Å². The second-order valence-corrected chi connectivity index (χ2v) is 13.3. The normalized spacial score (nSPS) is 20.4. The van der Waals surface area contributed by atoms with Crippen molar-refractivity contribution in [2.75, 3.05) is 35.3 Å². The van der Waals surface area contributed by atoms with Crippen LogP contribution in [0.2, 0.25) is 0 Å². The van der Waals surface area contributed by atoms with Crippen molar-refractivity contribution in [1.29, 1.82) is 0 Å². The van der Waals surface area contributed by atoms with Gasteiger partial charge in [0.2, 0.25) is 14.2 Å². The summed E-state index contributed by atoms with van der Waals surface area (Å²) >= 11 is 1.16. The molecule has 1 aliphatic heterocycles. The summed E-state index contributed by atoms with van der Waals surface area (Å²) in [5.74, 6) is 1.44. The third-order valence-electron chi connectivity index (χ3n) is 7.05. The number of morpholine rings is 1. The number of aryl methyl sites for hydroxylation is 1. The van der Waals surface area contributed by atoms with Gasteiger partial charge in [-0.15, -0.1) is 11.3 Å². The minimum atomic E-state index is -3.55. The maximum absolute atomic E-state index is 13.3. The lowest BCUT2D eigenvalue weighted by atomic mass is 10.1. The first kappa shape index (κ1) is 27.2. The molecule has 2 amide bonds. The average molecular weight is 592 g/mol. The van der Waals surface area contributed by atoms with E-state index in [1.807, 2.05) is 18.2 Å². The number of urea groups is 1. The van der Waals surface area contributed by atoms with Crippen molar-refractivity contribution in [3.63, 3.8) is 0 Å². The first-order valence-corrected chi connectivity index (χ1v) is 15.7. The molecule has 1 aliphatic carbocycles. The summed E-state index contributed by atoms with van der Waals surface area (Å²) in [6.45, 7) is 5.71. The smallest absolute Gasteiger partial charge is 0.324 e. The first-order chi connectivity index (χ1) is 19.8. The molecule has 2 N–H and O–H groups in total. The molecule has 6 rings (SSSR count). The third kappa shape index (κ3) is 5.92. The number of pyridine rings is 1. The minimum absolute atomic E-state index is 0.112. The van der Waals surface area contributed by atoms with Crippen LogP contribution in [0.5, 0.6) is 0 Å². The van der Waals surface area contributed by atoms with Gasteiger partial charge in [0, 0.05) is 47.1 Å². The van der Waals surface area contributed by atoms with Crippen LogP contribution in [0, 0.1) is 6.92 Å². The van der Waals surface area contributed by atoms with E-state index in [1.165, 1.54) is 0 Å². The predicted molar refractivity (Wildman–Crippen MR) is 157 cm³/mol. The monoisotopic (exact) mass is 591 g/mol. The number of hydrogen-bond donors (Lipinski definition) is 2. The summed E-state index contributed by atoms with van der Waals surface area (Å²) in [4.78, 5) is 32.6. The van der Waals surface area contributed by atoms with E-state index >= 15 is 0 Å². The summed E-state index contributed by atoms with van der Waals surface area (Å²) in [5, 5.41) is 6.67. The van der Waals surface area contributed by atoms with Crippen LogP contribution in [0.15, 0.2) is 64.4 Å². The standard InChI is InChI=1S/C28H29N7O4S2/c1-17-16-40-28(30-17)41(37,38)23-13-21(23)22-14-25(35-11-12-39-15-18(35)2)34-26(32-22)19-6-8-20(9-7-19)31-27(36)33-24-5-3-4-10-29-24/h3-10,14,16,18,21,23H,11-13,15H2,1-2H3,(H2,29,31,33,36)/t18-,21?,23?/m0/s1. The summed E-state index contributed by atoms with van der Waals surface area (Å²) in [5.41, 5.74) is 2.74.